The molecular weight excluding hydrogens is 252 g/mol. The van der Waals surface area contributed by atoms with E-state index in [1.54, 1.807) is 17.0 Å². The number of aromatic nitrogens is 6. The molecule has 0 radical (unpaired) electrons. The fourth-order valence-corrected chi connectivity index (χ4v) is 2.04. The molecule has 0 aromatic carbocycles. The summed E-state index contributed by atoms with van der Waals surface area (Å²) < 4.78 is 3.52. The number of fused-ring (bicyclic) bond motifs is 1. The third-order valence-electron chi connectivity index (χ3n) is 3.08. The Balaban J connectivity index is 2.37. The van der Waals surface area contributed by atoms with Gasteiger partial charge in [0.05, 0.1) is 12.5 Å². The van der Waals surface area contributed by atoms with Crippen LogP contribution in [-0.4, -0.2) is 29.4 Å². The fraction of sp³-hybridized carbons (Fsp3) is 0.273. The van der Waals surface area contributed by atoms with Crippen LogP contribution in [-0.2, 0) is 7.05 Å². The minimum atomic E-state index is 0.461. The molecule has 0 fully saturated rings. The molecule has 0 N–H and O–H groups in total. The van der Waals surface area contributed by atoms with Gasteiger partial charge in [-0.05, 0) is 19.4 Å². The van der Waals surface area contributed by atoms with Crippen molar-refractivity contribution in [3.63, 3.8) is 0 Å². The summed E-state index contributed by atoms with van der Waals surface area (Å²) >= 11 is 6.11. The first-order valence-corrected chi connectivity index (χ1v) is 5.82. The molecule has 0 aliphatic heterocycles. The largest absolute Gasteiger partial charge is 0.331 e. The Labute approximate surface area is 108 Å². The molecule has 0 bridgehead atoms. The van der Waals surface area contributed by atoms with Crippen LogP contribution in [0, 0.1) is 13.8 Å². The highest BCUT2D eigenvalue weighted by Crippen LogP contribution is 2.23. The maximum Gasteiger partial charge on any atom is 0.203 e. The monoisotopic (exact) mass is 262 g/mol. The average Bonchev–Trinajstić information content (AvgIpc) is 2.92. The normalized spacial score (nSPS) is 11.3. The van der Waals surface area contributed by atoms with E-state index in [9.17, 15) is 0 Å². The number of nitrogens with zero attached hydrogens (tertiary/aromatic N) is 6. The summed E-state index contributed by atoms with van der Waals surface area (Å²) in [4.78, 5) is 4.07. The molecule has 0 unspecified atom stereocenters. The summed E-state index contributed by atoms with van der Waals surface area (Å²) in [5.41, 5.74) is 3.46. The summed E-state index contributed by atoms with van der Waals surface area (Å²) in [7, 11) is 1.89. The summed E-state index contributed by atoms with van der Waals surface area (Å²) in [6, 6.07) is 0. The molecule has 0 amide bonds. The SMILES string of the molecule is Cc1c(Cl)nn2c(-c3cncn3C)nnc2c1C. The lowest BCUT2D eigenvalue weighted by atomic mass is 10.2. The highest BCUT2D eigenvalue weighted by atomic mass is 35.5. The van der Waals surface area contributed by atoms with Gasteiger partial charge in [-0.15, -0.1) is 10.2 Å². The molecule has 3 heterocycles. The molecule has 18 heavy (non-hydrogen) atoms. The third-order valence-corrected chi connectivity index (χ3v) is 3.44. The van der Waals surface area contributed by atoms with E-state index in [1.165, 1.54) is 0 Å². The molecule has 3 rings (SSSR count). The standard InChI is InChI=1S/C11H11ClN6/c1-6-7(2)10-14-15-11(18(10)16-9(6)12)8-4-13-5-17(8)3/h4-5H,1-3H3. The lowest BCUT2D eigenvalue weighted by Gasteiger charge is -2.05. The Kier molecular flexibility index (Phi) is 2.34. The highest BCUT2D eigenvalue weighted by Gasteiger charge is 2.16. The van der Waals surface area contributed by atoms with Crippen LogP contribution in [0.15, 0.2) is 12.5 Å². The van der Waals surface area contributed by atoms with Crippen molar-refractivity contribution in [1.82, 2.24) is 29.4 Å². The van der Waals surface area contributed by atoms with Crippen molar-refractivity contribution in [3.05, 3.63) is 28.8 Å². The van der Waals surface area contributed by atoms with Gasteiger partial charge in [-0.3, -0.25) is 0 Å². The zero-order valence-electron chi connectivity index (χ0n) is 10.2. The van der Waals surface area contributed by atoms with Gasteiger partial charge >= 0.3 is 0 Å². The van der Waals surface area contributed by atoms with Gasteiger partial charge in [0.15, 0.2) is 10.8 Å². The molecular formula is C11H11ClN6. The fourth-order valence-electron chi connectivity index (χ4n) is 1.83. The first kappa shape index (κ1) is 11.2. The Morgan fingerprint density at radius 3 is 2.61 bits per heavy atom. The second kappa shape index (κ2) is 3.78. The van der Waals surface area contributed by atoms with Crippen LogP contribution in [0.3, 0.4) is 0 Å². The van der Waals surface area contributed by atoms with Crippen molar-refractivity contribution in [3.8, 4) is 11.5 Å². The van der Waals surface area contributed by atoms with Crippen LogP contribution < -0.4 is 0 Å². The first-order valence-electron chi connectivity index (χ1n) is 5.44. The Hall–Kier alpha value is -1.95. The number of imidazole rings is 1. The molecule has 0 spiro atoms. The molecule has 0 saturated heterocycles. The number of rotatable bonds is 1. The predicted octanol–water partition coefficient (Wildman–Crippen LogP) is 1.80. The predicted molar refractivity (Wildman–Crippen MR) is 67.5 cm³/mol. The van der Waals surface area contributed by atoms with E-state index in [2.05, 4.69) is 20.3 Å². The second-order valence-corrected chi connectivity index (χ2v) is 4.55. The summed E-state index contributed by atoms with van der Waals surface area (Å²) in [6.45, 7) is 3.88. The molecule has 0 aliphatic rings. The zero-order valence-corrected chi connectivity index (χ0v) is 11.0. The number of hydrogen-bond donors (Lipinski definition) is 0. The average molecular weight is 263 g/mol. The molecule has 0 saturated carbocycles. The molecule has 3 aromatic rings. The van der Waals surface area contributed by atoms with Gasteiger partial charge in [-0.25, -0.2) is 4.98 Å². The van der Waals surface area contributed by atoms with Crippen molar-refractivity contribution in [2.75, 3.05) is 0 Å². The van der Waals surface area contributed by atoms with Crippen LogP contribution >= 0.6 is 11.6 Å². The van der Waals surface area contributed by atoms with Gasteiger partial charge < -0.3 is 4.57 Å². The summed E-state index contributed by atoms with van der Waals surface area (Å²) in [6.07, 6.45) is 3.43. The smallest absolute Gasteiger partial charge is 0.203 e. The van der Waals surface area contributed by atoms with Crippen LogP contribution in [0.2, 0.25) is 5.15 Å². The van der Waals surface area contributed by atoms with Crippen LogP contribution in [0.25, 0.3) is 17.2 Å². The van der Waals surface area contributed by atoms with Gasteiger partial charge in [0.2, 0.25) is 5.82 Å². The third kappa shape index (κ3) is 1.42. The maximum atomic E-state index is 6.11. The first-order chi connectivity index (χ1) is 8.59. The van der Waals surface area contributed by atoms with Gasteiger partial charge in [0.1, 0.15) is 5.69 Å². The highest BCUT2D eigenvalue weighted by molar-refractivity contribution is 6.30. The van der Waals surface area contributed by atoms with Crippen LogP contribution in [0.5, 0.6) is 0 Å². The maximum absolute atomic E-state index is 6.11. The minimum absolute atomic E-state index is 0.461. The number of hydrogen-bond acceptors (Lipinski definition) is 4. The Bertz CT molecular complexity index is 741. The topological polar surface area (TPSA) is 60.9 Å². The van der Waals surface area contributed by atoms with Crippen molar-refractivity contribution < 1.29 is 0 Å². The molecule has 0 aliphatic carbocycles. The lowest BCUT2D eigenvalue weighted by molar-refractivity contribution is 0.872. The molecule has 6 nitrogen and oxygen atoms in total. The molecule has 7 heteroatoms. The molecule has 3 aromatic heterocycles. The second-order valence-electron chi connectivity index (χ2n) is 4.19. The Morgan fingerprint density at radius 1 is 1.17 bits per heavy atom. The van der Waals surface area contributed by atoms with E-state index >= 15 is 0 Å². The van der Waals surface area contributed by atoms with Gasteiger partial charge in [-0.2, -0.15) is 9.61 Å². The van der Waals surface area contributed by atoms with Crippen molar-refractivity contribution in [2.45, 2.75) is 13.8 Å². The van der Waals surface area contributed by atoms with Crippen LogP contribution in [0.4, 0.5) is 0 Å². The minimum Gasteiger partial charge on any atom is -0.331 e. The summed E-state index contributed by atoms with van der Waals surface area (Å²) in [5, 5.41) is 13.1. The van der Waals surface area contributed by atoms with Crippen molar-refractivity contribution in [1.29, 1.82) is 0 Å². The zero-order chi connectivity index (χ0) is 12.9. The van der Waals surface area contributed by atoms with E-state index in [0.717, 1.165) is 16.8 Å². The van der Waals surface area contributed by atoms with Crippen molar-refractivity contribution in [2.24, 2.45) is 7.05 Å². The van der Waals surface area contributed by atoms with E-state index < -0.39 is 0 Å². The van der Waals surface area contributed by atoms with E-state index in [-0.39, 0.29) is 0 Å². The number of aryl methyl sites for hydroxylation is 2. The van der Waals surface area contributed by atoms with E-state index in [1.807, 2.05) is 25.5 Å². The molecule has 92 valence electrons. The summed E-state index contributed by atoms with van der Waals surface area (Å²) in [5.74, 6) is 0.634. The van der Waals surface area contributed by atoms with E-state index in [0.29, 0.717) is 16.6 Å². The number of halogens is 1. The van der Waals surface area contributed by atoms with Gasteiger partial charge in [0, 0.05) is 12.6 Å². The molecule has 0 atom stereocenters. The van der Waals surface area contributed by atoms with Crippen molar-refractivity contribution >= 4 is 17.2 Å². The van der Waals surface area contributed by atoms with Gasteiger partial charge in [-0.1, -0.05) is 11.6 Å². The van der Waals surface area contributed by atoms with Gasteiger partial charge in [0.25, 0.3) is 0 Å². The van der Waals surface area contributed by atoms with Crippen LogP contribution in [0.1, 0.15) is 11.1 Å². The quantitative estimate of drug-likeness (QED) is 0.671. The lowest BCUT2D eigenvalue weighted by Crippen LogP contribution is -2.02. The van der Waals surface area contributed by atoms with E-state index in [4.69, 9.17) is 11.6 Å². The Morgan fingerprint density at radius 2 is 1.94 bits per heavy atom.